The molecule has 0 radical (unpaired) electrons. The number of thiazole rings is 1. The predicted molar refractivity (Wildman–Crippen MR) is 115 cm³/mol. The predicted octanol–water partition coefficient (Wildman–Crippen LogP) is 0.718. The Labute approximate surface area is 182 Å². The number of nitrogens with zero attached hydrogens (tertiary/aromatic N) is 3. The van der Waals surface area contributed by atoms with E-state index in [2.05, 4.69) is 23.9 Å². The summed E-state index contributed by atoms with van der Waals surface area (Å²) in [5.41, 5.74) is 6.95. The van der Waals surface area contributed by atoms with Gasteiger partial charge in [-0.25, -0.2) is 9.78 Å². The Kier molecular flexibility index (Phi) is 5.37. The Bertz CT molecular complexity index is 966. The number of carboxylic acids is 1. The molecule has 3 aliphatic rings. The van der Waals surface area contributed by atoms with Crippen LogP contribution in [0.4, 0.5) is 5.13 Å². The van der Waals surface area contributed by atoms with Crippen molar-refractivity contribution in [1.82, 2.24) is 15.2 Å². The van der Waals surface area contributed by atoms with E-state index < -0.39 is 29.2 Å². The number of likely N-dealkylation sites (tertiary alicyclic amines) is 1. The Balaban J connectivity index is 1.49. The minimum absolute atomic E-state index is 0.0756. The Morgan fingerprint density at radius 3 is 2.73 bits per heavy atom. The first kappa shape index (κ1) is 20.9. The van der Waals surface area contributed by atoms with Crippen molar-refractivity contribution >= 4 is 51.6 Å². The van der Waals surface area contributed by atoms with E-state index in [1.165, 1.54) is 28.0 Å². The molecule has 11 heteroatoms. The summed E-state index contributed by atoms with van der Waals surface area (Å²) in [5, 5.41) is 14.0. The SMILES string of the molecule is C=C(C(=O)NC1C(=O)N2C(C(=O)O)=C(C[N+]3(C)CCCC3)CSC12)c1csc(N)n1. The maximum Gasteiger partial charge on any atom is 0.352 e. The van der Waals surface area contributed by atoms with Crippen molar-refractivity contribution in [3.8, 4) is 0 Å². The lowest BCUT2D eigenvalue weighted by atomic mass is 10.0. The second-order valence-electron chi connectivity index (χ2n) is 8.10. The van der Waals surface area contributed by atoms with Gasteiger partial charge in [0.05, 0.1) is 31.4 Å². The lowest BCUT2D eigenvalue weighted by Crippen LogP contribution is -2.70. The van der Waals surface area contributed by atoms with Gasteiger partial charge in [0.15, 0.2) is 5.13 Å². The maximum absolute atomic E-state index is 12.8. The van der Waals surface area contributed by atoms with Crippen LogP contribution in [0.3, 0.4) is 0 Å². The van der Waals surface area contributed by atoms with E-state index in [9.17, 15) is 19.5 Å². The van der Waals surface area contributed by atoms with Gasteiger partial charge in [-0.3, -0.25) is 14.5 Å². The normalized spacial score (nSPS) is 25.0. The molecule has 4 heterocycles. The second-order valence-corrected chi connectivity index (χ2v) is 10.1. The number of nitrogens with two attached hydrogens (primary N) is 1. The van der Waals surface area contributed by atoms with E-state index >= 15 is 0 Å². The third kappa shape index (κ3) is 3.61. The number of anilines is 1. The Morgan fingerprint density at radius 1 is 1.43 bits per heavy atom. The number of carbonyl (C=O) groups is 3. The van der Waals surface area contributed by atoms with Gasteiger partial charge in [-0.05, 0) is 0 Å². The number of carbonyl (C=O) groups excluding carboxylic acids is 2. The van der Waals surface area contributed by atoms with Crippen molar-refractivity contribution in [3.63, 3.8) is 0 Å². The van der Waals surface area contributed by atoms with Crippen LogP contribution in [-0.4, -0.2) is 81.1 Å². The van der Waals surface area contributed by atoms with Crippen LogP contribution in [0.15, 0.2) is 23.2 Å². The molecule has 0 spiro atoms. The topological polar surface area (TPSA) is 126 Å². The fraction of sp³-hybridized carbons (Fsp3) is 0.474. The van der Waals surface area contributed by atoms with E-state index in [1.807, 2.05) is 0 Å². The van der Waals surface area contributed by atoms with Gasteiger partial charge in [0.25, 0.3) is 11.8 Å². The number of likely N-dealkylation sites (N-methyl/N-ethyl adjacent to an activating group) is 1. The molecule has 2 saturated heterocycles. The van der Waals surface area contributed by atoms with Crippen LogP contribution < -0.4 is 11.1 Å². The smallest absolute Gasteiger partial charge is 0.352 e. The maximum atomic E-state index is 12.8. The first-order valence-corrected chi connectivity index (χ1v) is 11.6. The number of amides is 2. The van der Waals surface area contributed by atoms with Crippen molar-refractivity contribution in [2.75, 3.05) is 38.2 Å². The molecule has 4 rings (SSSR count). The number of quaternary nitrogens is 1. The summed E-state index contributed by atoms with van der Waals surface area (Å²) in [6.45, 7) is 6.40. The minimum atomic E-state index is -1.10. The highest BCUT2D eigenvalue weighted by molar-refractivity contribution is 8.00. The summed E-state index contributed by atoms with van der Waals surface area (Å²) in [7, 11) is 2.13. The van der Waals surface area contributed by atoms with Crippen molar-refractivity contribution in [3.05, 3.63) is 28.9 Å². The number of fused-ring (bicyclic) bond motifs is 1. The first-order valence-electron chi connectivity index (χ1n) is 9.65. The molecule has 160 valence electrons. The minimum Gasteiger partial charge on any atom is -0.477 e. The molecule has 9 nitrogen and oxygen atoms in total. The molecule has 1 aromatic rings. The van der Waals surface area contributed by atoms with Crippen LogP contribution in [0.25, 0.3) is 5.57 Å². The zero-order valence-electron chi connectivity index (χ0n) is 16.6. The van der Waals surface area contributed by atoms with E-state index in [4.69, 9.17) is 5.73 Å². The Hall–Kier alpha value is -2.37. The summed E-state index contributed by atoms with van der Waals surface area (Å²) in [6.07, 6.45) is 2.26. The zero-order chi connectivity index (χ0) is 21.6. The molecule has 2 fully saturated rings. The lowest BCUT2D eigenvalue weighted by Gasteiger charge is -2.49. The lowest BCUT2D eigenvalue weighted by molar-refractivity contribution is -0.893. The molecule has 0 aliphatic carbocycles. The van der Waals surface area contributed by atoms with Crippen molar-refractivity contribution in [2.45, 2.75) is 24.3 Å². The van der Waals surface area contributed by atoms with Gasteiger partial charge < -0.3 is 20.6 Å². The molecule has 2 unspecified atom stereocenters. The van der Waals surface area contributed by atoms with Gasteiger partial charge >= 0.3 is 5.97 Å². The van der Waals surface area contributed by atoms with Crippen molar-refractivity contribution in [2.24, 2.45) is 0 Å². The van der Waals surface area contributed by atoms with Crippen LogP contribution in [0, 0.1) is 0 Å². The molecule has 30 heavy (non-hydrogen) atoms. The molecule has 1 aromatic heterocycles. The van der Waals surface area contributed by atoms with E-state index in [0.29, 0.717) is 23.1 Å². The number of β-lactam (4-membered cyclic amide) rings is 1. The van der Waals surface area contributed by atoms with Gasteiger partial charge in [-0.15, -0.1) is 23.1 Å². The third-order valence-corrected chi connectivity index (χ3v) is 7.87. The molecule has 4 N–H and O–H groups in total. The number of aromatic nitrogens is 1. The summed E-state index contributed by atoms with van der Waals surface area (Å²) < 4.78 is 0.802. The first-order chi connectivity index (χ1) is 14.2. The molecule has 2 amide bonds. The van der Waals surface area contributed by atoms with Gasteiger partial charge in [0, 0.05) is 29.5 Å². The Morgan fingerprint density at radius 2 is 2.13 bits per heavy atom. The van der Waals surface area contributed by atoms with E-state index in [-0.39, 0.29) is 11.3 Å². The number of nitrogen functional groups attached to an aromatic ring is 1. The number of aliphatic carboxylic acids is 1. The highest BCUT2D eigenvalue weighted by atomic mass is 32.2. The number of hydrogen-bond donors (Lipinski definition) is 3. The van der Waals surface area contributed by atoms with Gasteiger partial charge in [-0.1, -0.05) is 6.58 Å². The molecule has 3 aliphatic heterocycles. The highest BCUT2D eigenvalue weighted by Crippen LogP contribution is 2.41. The van der Waals surface area contributed by atoms with Crippen LogP contribution in [0.5, 0.6) is 0 Å². The fourth-order valence-corrected chi connectivity index (χ4v) is 6.21. The molecular weight excluding hydrogens is 426 g/mol. The second kappa shape index (κ2) is 7.71. The van der Waals surface area contributed by atoms with Crippen LogP contribution >= 0.6 is 23.1 Å². The summed E-state index contributed by atoms with van der Waals surface area (Å²) >= 11 is 2.68. The molecule has 0 bridgehead atoms. The average Bonchev–Trinajstić information content (AvgIpc) is 3.33. The number of thioether (sulfide) groups is 1. The quantitative estimate of drug-likeness (QED) is 0.331. The zero-order valence-corrected chi connectivity index (χ0v) is 18.2. The number of carboxylic acid groups (broad SMARTS) is 1. The standard InChI is InChI=1S/C19H23N5O4S2/c1-10(12-9-30-19(20)21-12)15(25)22-13-16(26)23-14(18(27)28)11(8-29-17(13)23)7-24(2)5-3-4-6-24/h9,13,17H,1,3-8H2,2H3,(H3-,20,21,22,25,27,28)/p+1. The van der Waals surface area contributed by atoms with Gasteiger partial charge in [0.1, 0.15) is 23.7 Å². The van der Waals surface area contributed by atoms with Crippen molar-refractivity contribution in [1.29, 1.82) is 0 Å². The molecule has 2 atom stereocenters. The van der Waals surface area contributed by atoms with Crippen molar-refractivity contribution < 1.29 is 24.0 Å². The van der Waals surface area contributed by atoms with Crippen LogP contribution in [0.2, 0.25) is 0 Å². The van der Waals surface area contributed by atoms with Gasteiger partial charge in [0.2, 0.25) is 0 Å². The van der Waals surface area contributed by atoms with E-state index in [0.717, 1.165) is 36.0 Å². The summed E-state index contributed by atoms with van der Waals surface area (Å²) in [5.74, 6) is -1.49. The number of hydrogen-bond acceptors (Lipinski definition) is 7. The highest BCUT2D eigenvalue weighted by Gasteiger charge is 2.55. The monoisotopic (exact) mass is 450 g/mol. The largest absolute Gasteiger partial charge is 0.477 e. The summed E-state index contributed by atoms with van der Waals surface area (Å²) in [6, 6.07) is -0.789. The van der Waals surface area contributed by atoms with E-state index in [1.54, 1.807) is 5.38 Å². The molecule has 0 saturated carbocycles. The number of nitrogens with one attached hydrogen (secondary N) is 1. The third-order valence-electron chi connectivity index (χ3n) is 5.86. The van der Waals surface area contributed by atoms with Crippen LogP contribution in [-0.2, 0) is 14.4 Å². The van der Waals surface area contributed by atoms with Gasteiger partial charge in [-0.2, -0.15) is 0 Å². The average molecular weight is 451 g/mol. The fourth-order valence-electron chi connectivity index (χ4n) is 4.29. The molecule has 0 aromatic carbocycles. The number of rotatable bonds is 6. The summed E-state index contributed by atoms with van der Waals surface area (Å²) in [4.78, 5) is 42.7. The van der Waals surface area contributed by atoms with Crippen LogP contribution in [0.1, 0.15) is 18.5 Å². The molecular formula is C19H24N5O4S2+.